The number of halogens is 2. The molecular weight excluding hydrogens is 424 g/mol. The van der Waals surface area contributed by atoms with E-state index in [1.807, 2.05) is 18.7 Å². The van der Waals surface area contributed by atoms with E-state index >= 15 is 0 Å². The number of hydrogen-bond donors (Lipinski definition) is 1. The zero-order valence-electron chi connectivity index (χ0n) is 18.6. The molecule has 0 aromatic heterocycles. The van der Waals surface area contributed by atoms with Gasteiger partial charge in [-0.25, -0.2) is 13.6 Å². The zero-order chi connectivity index (χ0) is 23.5. The van der Waals surface area contributed by atoms with Crippen LogP contribution in [0.1, 0.15) is 33.5 Å². The Balaban J connectivity index is 1.44. The smallest absolute Gasteiger partial charge is 0.322 e. The number of nitrogens with one attached hydrogen (secondary N) is 1. The number of rotatable bonds is 5. The van der Waals surface area contributed by atoms with Gasteiger partial charge in [0, 0.05) is 37.1 Å². The molecule has 0 aliphatic carbocycles. The Labute approximate surface area is 191 Å². The Morgan fingerprint density at radius 2 is 1.64 bits per heavy atom. The number of carbonyl (C=O) groups is 2. The minimum atomic E-state index is -0.924. The summed E-state index contributed by atoms with van der Waals surface area (Å²) in [5.74, 6) is -2.34. The highest BCUT2D eigenvalue weighted by Crippen LogP contribution is 2.24. The largest absolute Gasteiger partial charge is 0.324 e. The maximum atomic E-state index is 13.8. The summed E-state index contributed by atoms with van der Waals surface area (Å²) < 4.78 is 26.9. The number of carbonyl (C=O) groups excluding carboxylic acids is 2. The van der Waals surface area contributed by atoms with E-state index in [0.717, 1.165) is 29.8 Å². The van der Waals surface area contributed by atoms with Gasteiger partial charge in [-0.05, 0) is 62.2 Å². The van der Waals surface area contributed by atoms with Gasteiger partial charge in [-0.3, -0.25) is 9.69 Å². The molecule has 7 heteroatoms. The minimum Gasteiger partial charge on any atom is -0.322 e. The quantitative estimate of drug-likeness (QED) is 0.546. The molecule has 3 aromatic carbocycles. The Morgan fingerprint density at radius 3 is 2.30 bits per heavy atom. The highest BCUT2D eigenvalue weighted by molar-refractivity contribution is 6.04. The summed E-state index contributed by atoms with van der Waals surface area (Å²) in [5, 5.41) is 2.60. The van der Waals surface area contributed by atoms with Crippen LogP contribution in [-0.4, -0.2) is 29.9 Å². The summed E-state index contributed by atoms with van der Waals surface area (Å²) in [4.78, 5) is 29.0. The van der Waals surface area contributed by atoms with Gasteiger partial charge in [-0.2, -0.15) is 0 Å². The molecule has 3 aromatic rings. The maximum Gasteiger partial charge on any atom is 0.324 e. The third kappa shape index (κ3) is 5.19. The van der Waals surface area contributed by atoms with E-state index in [4.69, 9.17) is 0 Å². The summed E-state index contributed by atoms with van der Waals surface area (Å²) >= 11 is 0. The van der Waals surface area contributed by atoms with Gasteiger partial charge >= 0.3 is 6.03 Å². The lowest BCUT2D eigenvalue weighted by Gasteiger charge is -2.36. The molecule has 5 nitrogen and oxygen atoms in total. The molecule has 1 saturated heterocycles. The van der Waals surface area contributed by atoms with Gasteiger partial charge in [0.1, 0.15) is 11.6 Å². The second-order valence-corrected chi connectivity index (χ2v) is 8.33. The Morgan fingerprint density at radius 1 is 0.939 bits per heavy atom. The summed E-state index contributed by atoms with van der Waals surface area (Å²) in [7, 11) is 0. The summed E-state index contributed by atoms with van der Waals surface area (Å²) in [6, 6.07) is 15.9. The molecule has 0 spiro atoms. The predicted octanol–water partition coefficient (Wildman–Crippen LogP) is 5.67. The molecule has 1 N–H and O–H groups in total. The van der Waals surface area contributed by atoms with Gasteiger partial charge in [0.25, 0.3) is 5.91 Å². The molecular formula is C26H25F2N3O2. The molecule has 1 aliphatic rings. The van der Waals surface area contributed by atoms with Gasteiger partial charge < -0.3 is 10.2 Å². The van der Waals surface area contributed by atoms with E-state index in [1.54, 1.807) is 29.2 Å². The molecule has 0 bridgehead atoms. The van der Waals surface area contributed by atoms with E-state index in [2.05, 4.69) is 23.5 Å². The van der Waals surface area contributed by atoms with Gasteiger partial charge in [0.05, 0.1) is 5.56 Å². The molecule has 33 heavy (non-hydrogen) atoms. The third-order valence-corrected chi connectivity index (χ3v) is 5.58. The van der Waals surface area contributed by atoms with Gasteiger partial charge in [0.2, 0.25) is 0 Å². The van der Waals surface area contributed by atoms with Crippen LogP contribution < -0.4 is 10.2 Å². The van der Waals surface area contributed by atoms with Crippen molar-refractivity contribution in [3.05, 3.63) is 94.6 Å². The molecule has 3 amide bonds. The number of anilines is 2. The second-order valence-electron chi connectivity index (χ2n) is 8.33. The lowest BCUT2D eigenvalue weighted by Crippen LogP contribution is -2.49. The summed E-state index contributed by atoms with van der Waals surface area (Å²) in [5.41, 5.74) is 4.37. The maximum absolute atomic E-state index is 13.8. The standard InChI is InChI=1S/C26H25F2N3O2/c1-17-12-18(2)14-19(13-17)16-30-10-3-11-31(26(30)33)22-7-5-21(6-8-22)29-25(32)23-9-4-20(27)15-24(23)28/h4-9,12-15H,3,10-11,16H2,1-2H3,(H,29,32). The molecule has 0 unspecified atom stereocenters. The monoisotopic (exact) mass is 449 g/mol. The average molecular weight is 450 g/mol. The van der Waals surface area contributed by atoms with Crippen molar-refractivity contribution < 1.29 is 18.4 Å². The normalized spacial score (nSPS) is 13.9. The predicted molar refractivity (Wildman–Crippen MR) is 124 cm³/mol. The molecule has 170 valence electrons. The van der Waals surface area contributed by atoms with E-state index in [9.17, 15) is 18.4 Å². The van der Waals surface area contributed by atoms with Gasteiger partial charge in [0.15, 0.2) is 0 Å². The van der Waals surface area contributed by atoms with Crippen molar-refractivity contribution in [2.75, 3.05) is 23.3 Å². The SMILES string of the molecule is Cc1cc(C)cc(CN2CCCN(c3ccc(NC(=O)c4ccc(F)cc4F)cc3)C2=O)c1. The van der Waals surface area contributed by atoms with Crippen LogP contribution in [0.2, 0.25) is 0 Å². The van der Waals surface area contributed by atoms with Crippen LogP contribution in [0.15, 0.2) is 60.7 Å². The highest BCUT2D eigenvalue weighted by atomic mass is 19.1. The fraction of sp³-hybridized carbons (Fsp3) is 0.231. The highest BCUT2D eigenvalue weighted by Gasteiger charge is 2.27. The molecule has 0 atom stereocenters. The van der Waals surface area contributed by atoms with Crippen molar-refractivity contribution in [3.63, 3.8) is 0 Å². The van der Waals surface area contributed by atoms with E-state index < -0.39 is 17.5 Å². The molecule has 0 saturated carbocycles. The molecule has 1 aliphatic heterocycles. The van der Waals surface area contributed by atoms with Crippen LogP contribution in [-0.2, 0) is 6.54 Å². The number of amides is 3. The van der Waals surface area contributed by atoms with Gasteiger partial charge in [-0.15, -0.1) is 0 Å². The number of urea groups is 1. The van der Waals surface area contributed by atoms with Crippen LogP contribution in [0.25, 0.3) is 0 Å². The van der Waals surface area contributed by atoms with E-state index in [0.29, 0.717) is 31.4 Å². The van der Waals surface area contributed by atoms with Crippen LogP contribution in [0.3, 0.4) is 0 Å². The number of hydrogen-bond acceptors (Lipinski definition) is 2. The Hall–Kier alpha value is -3.74. The Kier molecular flexibility index (Phi) is 6.40. The van der Waals surface area contributed by atoms with Crippen molar-refractivity contribution in [1.82, 2.24) is 4.90 Å². The van der Waals surface area contributed by atoms with Crippen LogP contribution in [0, 0.1) is 25.5 Å². The van der Waals surface area contributed by atoms with Crippen LogP contribution in [0.5, 0.6) is 0 Å². The lowest BCUT2D eigenvalue weighted by atomic mass is 10.1. The first-order valence-corrected chi connectivity index (χ1v) is 10.8. The van der Waals surface area contributed by atoms with Crippen molar-refractivity contribution in [2.24, 2.45) is 0 Å². The third-order valence-electron chi connectivity index (χ3n) is 5.58. The molecule has 1 heterocycles. The van der Waals surface area contributed by atoms with Crippen LogP contribution in [0.4, 0.5) is 25.0 Å². The number of benzene rings is 3. The second kappa shape index (κ2) is 9.40. The minimum absolute atomic E-state index is 0.0643. The first-order chi connectivity index (χ1) is 15.8. The molecule has 4 rings (SSSR count). The first kappa shape index (κ1) is 22.5. The zero-order valence-corrected chi connectivity index (χ0v) is 18.6. The van der Waals surface area contributed by atoms with Crippen molar-refractivity contribution in [2.45, 2.75) is 26.8 Å². The first-order valence-electron chi connectivity index (χ1n) is 10.8. The topological polar surface area (TPSA) is 52.6 Å². The Bertz CT molecular complexity index is 1170. The molecule has 1 fully saturated rings. The van der Waals surface area contributed by atoms with Gasteiger partial charge in [-0.1, -0.05) is 29.3 Å². The summed E-state index contributed by atoms with van der Waals surface area (Å²) in [6.07, 6.45) is 0.846. The number of aryl methyl sites for hydroxylation is 2. The fourth-order valence-corrected chi connectivity index (χ4v) is 4.15. The number of nitrogens with zero attached hydrogens (tertiary/aromatic N) is 2. The van der Waals surface area contributed by atoms with E-state index in [1.165, 1.54) is 11.1 Å². The lowest BCUT2D eigenvalue weighted by molar-refractivity contribution is 0.102. The summed E-state index contributed by atoms with van der Waals surface area (Å²) in [6.45, 7) is 5.95. The van der Waals surface area contributed by atoms with E-state index in [-0.39, 0.29) is 11.6 Å². The average Bonchev–Trinajstić information content (AvgIpc) is 2.75. The molecule has 0 radical (unpaired) electrons. The fourth-order valence-electron chi connectivity index (χ4n) is 4.15. The van der Waals surface area contributed by atoms with Crippen molar-refractivity contribution >= 4 is 23.3 Å². The van der Waals surface area contributed by atoms with Crippen LogP contribution >= 0.6 is 0 Å². The van der Waals surface area contributed by atoms with Crippen molar-refractivity contribution in [1.29, 1.82) is 0 Å². The van der Waals surface area contributed by atoms with Crippen molar-refractivity contribution in [3.8, 4) is 0 Å².